The van der Waals surface area contributed by atoms with Crippen molar-refractivity contribution in [3.8, 4) is 22.6 Å². The van der Waals surface area contributed by atoms with Crippen LogP contribution in [0.2, 0.25) is 0 Å². The number of hydrogen-bond acceptors (Lipinski definition) is 5. The molecule has 1 aromatic carbocycles. The lowest BCUT2D eigenvalue weighted by molar-refractivity contribution is 0.174. The number of fused-ring (bicyclic) bond motifs is 1. The lowest BCUT2D eigenvalue weighted by Gasteiger charge is -2.08. The maximum atomic E-state index is 6.01. The van der Waals surface area contributed by atoms with Crippen LogP contribution in [0.4, 0.5) is 5.82 Å². The van der Waals surface area contributed by atoms with Gasteiger partial charge in [-0.1, -0.05) is 24.1 Å². The Morgan fingerprint density at radius 2 is 1.90 bits per heavy atom. The summed E-state index contributed by atoms with van der Waals surface area (Å²) in [4.78, 5) is 0. The Balaban J connectivity index is 1.79. The van der Waals surface area contributed by atoms with Gasteiger partial charge in [0.15, 0.2) is 17.3 Å². The second kappa shape index (κ2) is 4.44. The summed E-state index contributed by atoms with van der Waals surface area (Å²) in [7, 11) is 0. The quantitative estimate of drug-likeness (QED) is 0.908. The SMILES string of the molecule is Nc1noc(C2CCCC2)c1-c1ccc2c(c1)OCO2. The minimum atomic E-state index is 0.271. The van der Waals surface area contributed by atoms with Crippen molar-refractivity contribution in [2.24, 2.45) is 0 Å². The lowest BCUT2D eigenvalue weighted by atomic mass is 9.96. The summed E-state index contributed by atoms with van der Waals surface area (Å²) in [6.07, 6.45) is 4.77. The summed E-state index contributed by atoms with van der Waals surface area (Å²) in [5, 5.41) is 3.96. The van der Waals surface area contributed by atoms with Gasteiger partial charge in [-0.2, -0.15) is 0 Å². The van der Waals surface area contributed by atoms with Gasteiger partial charge in [0.05, 0.1) is 5.56 Å². The molecule has 0 spiro atoms. The first-order chi connectivity index (χ1) is 9.83. The number of anilines is 1. The summed E-state index contributed by atoms with van der Waals surface area (Å²) in [6, 6.07) is 5.83. The molecule has 0 radical (unpaired) electrons. The molecule has 104 valence electrons. The van der Waals surface area contributed by atoms with Gasteiger partial charge in [-0.25, -0.2) is 0 Å². The van der Waals surface area contributed by atoms with Gasteiger partial charge < -0.3 is 19.7 Å². The van der Waals surface area contributed by atoms with Gasteiger partial charge in [-0.15, -0.1) is 0 Å². The third kappa shape index (κ3) is 1.73. The van der Waals surface area contributed by atoms with E-state index in [4.69, 9.17) is 19.7 Å². The molecule has 5 heteroatoms. The highest BCUT2D eigenvalue weighted by atomic mass is 16.7. The second-order valence-electron chi connectivity index (χ2n) is 5.36. The Morgan fingerprint density at radius 3 is 2.75 bits per heavy atom. The van der Waals surface area contributed by atoms with Crippen LogP contribution in [-0.2, 0) is 0 Å². The molecule has 0 atom stereocenters. The number of nitrogens with zero attached hydrogens (tertiary/aromatic N) is 1. The van der Waals surface area contributed by atoms with Crippen molar-refractivity contribution in [1.29, 1.82) is 0 Å². The largest absolute Gasteiger partial charge is 0.454 e. The van der Waals surface area contributed by atoms with Crippen molar-refractivity contribution in [3.63, 3.8) is 0 Å². The monoisotopic (exact) mass is 272 g/mol. The lowest BCUT2D eigenvalue weighted by Crippen LogP contribution is -1.95. The van der Waals surface area contributed by atoms with E-state index in [1.165, 1.54) is 12.8 Å². The van der Waals surface area contributed by atoms with Crippen molar-refractivity contribution in [1.82, 2.24) is 5.16 Å². The predicted octanol–water partition coefficient (Wildman–Crippen LogP) is 3.31. The van der Waals surface area contributed by atoms with Crippen molar-refractivity contribution in [2.45, 2.75) is 31.6 Å². The molecule has 0 saturated heterocycles. The minimum Gasteiger partial charge on any atom is -0.454 e. The van der Waals surface area contributed by atoms with Gasteiger partial charge in [0.25, 0.3) is 0 Å². The third-order valence-corrected chi connectivity index (χ3v) is 4.13. The van der Waals surface area contributed by atoms with Gasteiger partial charge >= 0.3 is 0 Å². The first-order valence-electron chi connectivity index (χ1n) is 6.98. The molecule has 1 fully saturated rings. The molecular weight excluding hydrogens is 256 g/mol. The van der Waals surface area contributed by atoms with E-state index in [9.17, 15) is 0 Å². The molecular formula is C15H16N2O3. The van der Waals surface area contributed by atoms with Crippen LogP contribution in [0.1, 0.15) is 37.4 Å². The van der Waals surface area contributed by atoms with Crippen LogP contribution in [-0.4, -0.2) is 11.9 Å². The Bertz CT molecular complexity index is 645. The fourth-order valence-electron chi connectivity index (χ4n) is 3.12. The molecule has 2 N–H and O–H groups in total. The van der Waals surface area contributed by atoms with Crippen LogP contribution >= 0.6 is 0 Å². The van der Waals surface area contributed by atoms with E-state index >= 15 is 0 Å². The molecule has 0 bridgehead atoms. The number of nitrogen functional groups attached to an aromatic ring is 1. The molecule has 1 aliphatic carbocycles. The maximum absolute atomic E-state index is 6.01. The molecule has 2 heterocycles. The van der Waals surface area contributed by atoms with Crippen LogP contribution in [0.5, 0.6) is 11.5 Å². The Hall–Kier alpha value is -2.17. The standard InChI is InChI=1S/C15H16N2O3/c16-15-13(14(20-17-15)9-3-1-2-4-9)10-5-6-11-12(7-10)19-8-18-11/h5-7,9H,1-4,8H2,(H2,16,17). The molecule has 1 aromatic heterocycles. The van der Waals surface area contributed by atoms with Gasteiger partial charge in [-0.3, -0.25) is 0 Å². The van der Waals surface area contributed by atoms with Crippen molar-refractivity contribution in [3.05, 3.63) is 24.0 Å². The highest BCUT2D eigenvalue weighted by Gasteiger charge is 2.27. The highest BCUT2D eigenvalue weighted by molar-refractivity contribution is 5.77. The highest BCUT2D eigenvalue weighted by Crippen LogP contribution is 2.44. The number of nitrogens with two attached hydrogens (primary N) is 1. The van der Waals surface area contributed by atoms with E-state index in [0.29, 0.717) is 11.7 Å². The summed E-state index contributed by atoms with van der Waals surface area (Å²) >= 11 is 0. The number of rotatable bonds is 2. The fraction of sp³-hybridized carbons (Fsp3) is 0.400. The van der Waals surface area contributed by atoms with Gasteiger partial charge in [0.1, 0.15) is 5.76 Å². The third-order valence-electron chi connectivity index (χ3n) is 4.13. The van der Waals surface area contributed by atoms with Gasteiger partial charge in [-0.05, 0) is 30.5 Å². The molecule has 0 unspecified atom stereocenters. The minimum absolute atomic E-state index is 0.271. The van der Waals surface area contributed by atoms with E-state index in [0.717, 1.165) is 41.2 Å². The van der Waals surface area contributed by atoms with Crippen molar-refractivity contribution in [2.75, 3.05) is 12.5 Å². The normalized spacial score (nSPS) is 17.8. The zero-order valence-corrected chi connectivity index (χ0v) is 11.1. The van der Waals surface area contributed by atoms with Crippen LogP contribution in [0.15, 0.2) is 22.7 Å². The predicted molar refractivity (Wildman–Crippen MR) is 73.7 cm³/mol. The van der Waals surface area contributed by atoms with Crippen LogP contribution in [0.3, 0.4) is 0 Å². The van der Waals surface area contributed by atoms with Crippen LogP contribution in [0, 0.1) is 0 Å². The number of benzene rings is 1. The van der Waals surface area contributed by atoms with Crippen molar-refractivity contribution < 1.29 is 14.0 Å². The molecule has 1 saturated carbocycles. The number of aromatic nitrogens is 1. The summed E-state index contributed by atoms with van der Waals surface area (Å²) in [6.45, 7) is 0.271. The van der Waals surface area contributed by atoms with Gasteiger partial charge in [0.2, 0.25) is 6.79 Å². The average Bonchev–Trinajstić information content (AvgIpc) is 3.17. The molecule has 1 aliphatic heterocycles. The van der Waals surface area contributed by atoms with E-state index in [1.807, 2.05) is 18.2 Å². The smallest absolute Gasteiger partial charge is 0.231 e. The summed E-state index contributed by atoms with van der Waals surface area (Å²) < 4.78 is 16.3. The van der Waals surface area contributed by atoms with Crippen LogP contribution < -0.4 is 15.2 Å². The summed E-state index contributed by atoms with van der Waals surface area (Å²) in [5.74, 6) is 3.32. The number of ether oxygens (including phenoxy) is 2. The van der Waals surface area contributed by atoms with E-state index in [-0.39, 0.29) is 6.79 Å². The molecule has 2 aromatic rings. The zero-order valence-electron chi connectivity index (χ0n) is 11.1. The second-order valence-corrected chi connectivity index (χ2v) is 5.36. The topological polar surface area (TPSA) is 70.5 Å². The molecule has 5 nitrogen and oxygen atoms in total. The Morgan fingerprint density at radius 1 is 1.10 bits per heavy atom. The molecule has 20 heavy (non-hydrogen) atoms. The van der Waals surface area contributed by atoms with E-state index in [2.05, 4.69) is 5.16 Å². The first kappa shape index (κ1) is 11.6. The van der Waals surface area contributed by atoms with E-state index in [1.54, 1.807) is 0 Å². The molecule has 2 aliphatic rings. The fourth-order valence-corrected chi connectivity index (χ4v) is 3.12. The molecule has 4 rings (SSSR count). The zero-order chi connectivity index (χ0) is 13.5. The molecule has 0 amide bonds. The number of hydrogen-bond donors (Lipinski definition) is 1. The first-order valence-corrected chi connectivity index (χ1v) is 6.98. The van der Waals surface area contributed by atoms with Gasteiger partial charge in [0, 0.05) is 5.92 Å². The van der Waals surface area contributed by atoms with Crippen molar-refractivity contribution >= 4 is 5.82 Å². The van der Waals surface area contributed by atoms with E-state index < -0.39 is 0 Å². The summed E-state index contributed by atoms with van der Waals surface area (Å²) in [5.41, 5.74) is 7.90. The average molecular weight is 272 g/mol. The van der Waals surface area contributed by atoms with Crippen LogP contribution in [0.25, 0.3) is 11.1 Å². The maximum Gasteiger partial charge on any atom is 0.231 e. The Kier molecular flexibility index (Phi) is 2.58. The Labute approximate surface area is 116 Å².